The number of imidazole rings is 1. The number of nitrogens with zero attached hydrogens (tertiary/aromatic N) is 1. The van der Waals surface area contributed by atoms with Crippen LogP contribution in [-0.2, 0) is 10.5 Å². The topological polar surface area (TPSA) is 57.8 Å². The molecule has 0 aliphatic heterocycles. The van der Waals surface area contributed by atoms with Crippen LogP contribution in [0.5, 0.6) is 0 Å². The second-order valence-corrected chi connectivity index (χ2v) is 7.45. The molecule has 0 spiro atoms. The summed E-state index contributed by atoms with van der Waals surface area (Å²) in [7, 11) is 0. The zero-order chi connectivity index (χ0) is 16.2. The third kappa shape index (κ3) is 4.39. The lowest BCUT2D eigenvalue weighted by Crippen LogP contribution is -2.15. The predicted octanol–water partition coefficient (Wildman–Crippen LogP) is 4.69. The summed E-state index contributed by atoms with van der Waals surface area (Å²) in [5, 5.41) is 3.59. The summed E-state index contributed by atoms with van der Waals surface area (Å²) in [6.07, 6.45) is 0. The zero-order valence-corrected chi connectivity index (χ0v) is 15.7. The van der Waals surface area contributed by atoms with Crippen molar-refractivity contribution < 1.29 is 4.79 Å². The first kappa shape index (κ1) is 16.6. The summed E-state index contributed by atoms with van der Waals surface area (Å²) < 4.78 is 1.03. The summed E-state index contributed by atoms with van der Waals surface area (Å²) in [5.41, 5.74) is 2.64. The molecule has 3 rings (SSSR count). The Morgan fingerprint density at radius 3 is 2.96 bits per heavy atom. The van der Waals surface area contributed by atoms with E-state index in [-0.39, 0.29) is 5.91 Å². The number of halogens is 2. The van der Waals surface area contributed by atoms with Crippen molar-refractivity contribution in [2.45, 2.75) is 5.75 Å². The maximum Gasteiger partial charge on any atom is 0.234 e. The molecule has 118 valence electrons. The molecule has 0 radical (unpaired) electrons. The van der Waals surface area contributed by atoms with Crippen LogP contribution in [0.25, 0.3) is 11.0 Å². The molecule has 0 saturated heterocycles. The Bertz CT molecular complexity index is 852. The van der Waals surface area contributed by atoms with E-state index in [1.54, 1.807) is 0 Å². The van der Waals surface area contributed by atoms with Crippen molar-refractivity contribution in [1.29, 1.82) is 0 Å². The molecular weight excluding hydrogens is 445 g/mol. The van der Waals surface area contributed by atoms with Crippen LogP contribution in [0.4, 0.5) is 5.69 Å². The number of H-pyrrole nitrogens is 1. The van der Waals surface area contributed by atoms with E-state index in [1.165, 1.54) is 11.8 Å². The monoisotopic (exact) mass is 457 g/mol. The van der Waals surface area contributed by atoms with Crippen molar-refractivity contribution in [2.24, 2.45) is 0 Å². The van der Waals surface area contributed by atoms with Crippen molar-refractivity contribution >= 4 is 68.6 Å². The molecule has 4 nitrogen and oxygen atoms in total. The van der Waals surface area contributed by atoms with Gasteiger partial charge in [-0.25, -0.2) is 4.98 Å². The van der Waals surface area contributed by atoms with Crippen LogP contribution in [-0.4, -0.2) is 21.6 Å². The quantitative estimate of drug-likeness (QED) is 0.546. The number of rotatable bonds is 5. The highest BCUT2D eigenvalue weighted by Crippen LogP contribution is 2.20. The van der Waals surface area contributed by atoms with Crippen LogP contribution in [0, 0.1) is 3.57 Å². The average Bonchev–Trinajstić information content (AvgIpc) is 2.91. The SMILES string of the molecule is O=C(CSCc1nc2ccc(Cl)cc2[nH]1)Nc1ccccc1I. The fraction of sp³-hybridized carbons (Fsp3) is 0.125. The third-order valence-electron chi connectivity index (χ3n) is 3.11. The molecule has 0 aliphatic rings. The Morgan fingerprint density at radius 1 is 1.30 bits per heavy atom. The van der Waals surface area contributed by atoms with Crippen LogP contribution in [0.1, 0.15) is 5.82 Å². The van der Waals surface area contributed by atoms with E-state index < -0.39 is 0 Å². The Kier molecular flexibility index (Phi) is 5.45. The van der Waals surface area contributed by atoms with Crippen LogP contribution < -0.4 is 5.32 Å². The number of anilines is 1. The van der Waals surface area contributed by atoms with E-state index in [9.17, 15) is 4.79 Å². The number of para-hydroxylation sites is 1. The lowest BCUT2D eigenvalue weighted by Gasteiger charge is -2.06. The van der Waals surface area contributed by atoms with Gasteiger partial charge in [0, 0.05) is 8.59 Å². The second-order valence-electron chi connectivity index (χ2n) is 4.87. The summed E-state index contributed by atoms with van der Waals surface area (Å²) in [6, 6.07) is 13.3. The van der Waals surface area contributed by atoms with Gasteiger partial charge in [-0.1, -0.05) is 23.7 Å². The molecule has 1 amide bonds. The van der Waals surface area contributed by atoms with Crippen LogP contribution >= 0.6 is 46.0 Å². The number of aromatic nitrogens is 2. The molecule has 0 unspecified atom stereocenters. The number of nitrogens with one attached hydrogen (secondary N) is 2. The number of thioether (sulfide) groups is 1. The summed E-state index contributed by atoms with van der Waals surface area (Å²) >= 11 is 9.68. The molecule has 2 aromatic carbocycles. The van der Waals surface area contributed by atoms with Crippen molar-refractivity contribution in [3.05, 3.63) is 56.9 Å². The lowest BCUT2D eigenvalue weighted by molar-refractivity contribution is -0.113. The predicted molar refractivity (Wildman–Crippen MR) is 105 cm³/mol. The average molecular weight is 458 g/mol. The smallest absolute Gasteiger partial charge is 0.234 e. The molecule has 0 saturated carbocycles. The van der Waals surface area contributed by atoms with Crippen molar-refractivity contribution in [2.75, 3.05) is 11.1 Å². The minimum atomic E-state index is -0.0155. The van der Waals surface area contributed by atoms with E-state index in [0.29, 0.717) is 16.5 Å². The Balaban J connectivity index is 1.54. The second kappa shape index (κ2) is 7.55. The number of hydrogen-bond acceptors (Lipinski definition) is 3. The number of hydrogen-bond donors (Lipinski definition) is 2. The number of amides is 1. The first-order valence-electron chi connectivity index (χ1n) is 6.88. The molecule has 1 heterocycles. The van der Waals surface area contributed by atoms with Crippen molar-refractivity contribution in [3.8, 4) is 0 Å². The van der Waals surface area contributed by atoms with Crippen LogP contribution in [0.3, 0.4) is 0 Å². The maximum atomic E-state index is 12.0. The van der Waals surface area contributed by atoms with Crippen molar-refractivity contribution in [1.82, 2.24) is 9.97 Å². The Morgan fingerprint density at radius 2 is 2.13 bits per heavy atom. The molecule has 3 aromatic rings. The molecule has 23 heavy (non-hydrogen) atoms. The molecule has 1 aromatic heterocycles. The standard InChI is InChI=1S/C16H13ClIN3OS/c17-10-5-6-13-14(7-10)20-15(19-13)8-23-9-16(22)21-12-4-2-1-3-11(12)18/h1-7H,8-9H2,(H,19,20)(H,21,22). The molecule has 2 N–H and O–H groups in total. The van der Waals surface area contributed by atoms with Gasteiger partial charge in [-0.3, -0.25) is 4.79 Å². The number of carbonyl (C=O) groups excluding carboxylic acids is 1. The zero-order valence-electron chi connectivity index (χ0n) is 12.0. The Labute approximate surface area is 156 Å². The van der Waals surface area contributed by atoms with E-state index >= 15 is 0 Å². The minimum absolute atomic E-state index is 0.0155. The normalized spacial score (nSPS) is 10.9. The number of aromatic amines is 1. The van der Waals surface area contributed by atoms with E-state index in [1.807, 2.05) is 42.5 Å². The first-order chi connectivity index (χ1) is 11.1. The molecule has 0 bridgehead atoms. The molecule has 0 fully saturated rings. The lowest BCUT2D eigenvalue weighted by atomic mass is 10.3. The first-order valence-corrected chi connectivity index (χ1v) is 9.49. The number of carbonyl (C=O) groups is 1. The van der Waals surface area contributed by atoms with Gasteiger partial charge in [-0.05, 0) is 52.9 Å². The Hall–Kier alpha value is -1.25. The molecule has 0 atom stereocenters. The van der Waals surface area contributed by atoms with Gasteiger partial charge in [0.1, 0.15) is 5.82 Å². The largest absolute Gasteiger partial charge is 0.341 e. The maximum absolute atomic E-state index is 12.0. The highest BCUT2D eigenvalue weighted by molar-refractivity contribution is 14.1. The number of benzene rings is 2. The highest BCUT2D eigenvalue weighted by Gasteiger charge is 2.07. The van der Waals surface area contributed by atoms with Gasteiger partial charge in [0.15, 0.2) is 0 Å². The van der Waals surface area contributed by atoms with Gasteiger partial charge in [0.25, 0.3) is 0 Å². The van der Waals surface area contributed by atoms with Crippen LogP contribution in [0.15, 0.2) is 42.5 Å². The molecule has 7 heteroatoms. The third-order valence-corrected chi connectivity index (χ3v) is 5.23. The van der Waals surface area contributed by atoms with E-state index in [0.717, 1.165) is 26.1 Å². The van der Waals surface area contributed by atoms with Gasteiger partial charge in [0.2, 0.25) is 5.91 Å². The van der Waals surface area contributed by atoms with Gasteiger partial charge < -0.3 is 10.3 Å². The van der Waals surface area contributed by atoms with Gasteiger partial charge >= 0.3 is 0 Å². The minimum Gasteiger partial charge on any atom is -0.341 e. The van der Waals surface area contributed by atoms with E-state index in [4.69, 9.17) is 11.6 Å². The fourth-order valence-corrected chi connectivity index (χ4v) is 3.48. The van der Waals surface area contributed by atoms with Gasteiger partial charge in [0.05, 0.1) is 28.2 Å². The van der Waals surface area contributed by atoms with Crippen LogP contribution in [0.2, 0.25) is 5.02 Å². The summed E-state index contributed by atoms with van der Waals surface area (Å²) in [6.45, 7) is 0. The number of fused-ring (bicyclic) bond motifs is 1. The highest BCUT2D eigenvalue weighted by atomic mass is 127. The van der Waals surface area contributed by atoms with Gasteiger partial charge in [-0.2, -0.15) is 0 Å². The summed E-state index contributed by atoms with van der Waals surface area (Å²) in [4.78, 5) is 19.7. The summed E-state index contributed by atoms with van der Waals surface area (Å²) in [5.74, 6) is 1.85. The van der Waals surface area contributed by atoms with Crippen molar-refractivity contribution in [3.63, 3.8) is 0 Å². The van der Waals surface area contributed by atoms with Gasteiger partial charge in [-0.15, -0.1) is 11.8 Å². The van der Waals surface area contributed by atoms with E-state index in [2.05, 4.69) is 37.9 Å². The molecular formula is C16H13ClIN3OS. The fourth-order valence-electron chi connectivity index (χ4n) is 2.09. The molecule has 0 aliphatic carbocycles.